The van der Waals surface area contributed by atoms with Crippen molar-refractivity contribution < 1.29 is 8.78 Å². The lowest BCUT2D eigenvalue weighted by Crippen LogP contribution is -2.00. The monoisotopic (exact) mass is 364 g/mol. The minimum Gasteiger partial charge on any atom is -0.207 e. The van der Waals surface area contributed by atoms with Crippen LogP contribution in [-0.4, -0.2) is 0 Å². The molecule has 0 aliphatic carbocycles. The first-order chi connectivity index (χ1) is 8.90. The third kappa shape index (κ3) is 3.10. The van der Waals surface area contributed by atoms with Crippen LogP contribution < -0.4 is 0 Å². The van der Waals surface area contributed by atoms with E-state index in [2.05, 4.69) is 15.9 Å². The van der Waals surface area contributed by atoms with Crippen molar-refractivity contribution in [2.75, 3.05) is 0 Å². The van der Waals surface area contributed by atoms with Crippen molar-refractivity contribution in [3.8, 4) is 0 Å². The lowest BCUT2D eigenvalue weighted by atomic mass is 10.0. The zero-order valence-corrected chi connectivity index (χ0v) is 13.0. The van der Waals surface area contributed by atoms with Gasteiger partial charge < -0.3 is 0 Å². The number of benzene rings is 2. The van der Waals surface area contributed by atoms with E-state index in [1.807, 2.05) is 0 Å². The van der Waals surface area contributed by atoms with Crippen LogP contribution in [0.1, 0.15) is 21.5 Å². The van der Waals surface area contributed by atoms with Crippen LogP contribution in [0.4, 0.5) is 8.78 Å². The van der Waals surface area contributed by atoms with Crippen molar-refractivity contribution in [1.29, 1.82) is 0 Å². The summed E-state index contributed by atoms with van der Waals surface area (Å²) in [6.45, 7) is 1.51. The molecule has 0 aromatic heterocycles. The average molecular weight is 366 g/mol. The Balaban J connectivity index is 2.49. The van der Waals surface area contributed by atoms with E-state index in [0.717, 1.165) is 0 Å². The second kappa shape index (κ2) is 5.78. The fourth-order valence-corrected chi connectivity index (χ4v) is 3.13. The Morgan fingerprint density at radius 3 is 2.32 bits per heavy atom. The predicted molar refractivity (Wildman–Crippen MR) is 78.3 cm³/mol. The maximum Gasteiger partial charge on any atom is 0.128 e. The van der Waals surface area contributed by atoms with Crippen LogP contribution in [-0.2, 0) is 0 Å². The molecule has 0 aliphatic rings. The van der Waals surface area contributed by atoms with Crippen molar-refractivity contribution in [1.82, 2.24) is 0 Å². The van der Waals surface area contributed by atoms with Gasteiger partial charge in [0.25, 0.3) is 0 Å². The Morgan fingerprint density at radius 1 is 1.00 bits per heavy atom. The highest BCUT2D eigenvalue weighted by Crippen LogP contribution is 2.38. The summed E-state index contributed by atoms with van der Waals surface area (Å²) in [5.41, 5.74) is 1.10. The molecule has 0 fully saturated rings. The zero-order chi connectivity index (χ0) is 14.2. The summed E-state index contributed by atoms with van der Waals surface area (Å²) in [5.74, 6) is -0.933. The maximum absolute atomic E-state index is 13.9. The van der Waals surface area contributed by atoms with E-state index >= 15 is 0 Å². The number of halogens is 5. The van der Waals surface area contributed by atoms with Gasteiger partial charge in [-0.25, -0.2) is 8.78 Å². The van der Waals surface area contributed by atoms with Gasteiger partial charge in [0, 0.05) is 15.6 Å². The lowest BCUT2D eigenvalue weighted by Gasteiger charge is -2.14. The number of hydrogen-bond acceptors (Lipinski definition) is 0. The molecule has 100 valence electrons. The van der Waals surface area contributed by atoms with Crippen molar-refractivity contribution in [2.24, 2.45) is 0 Å². The molecule has 0 bridgehead atoms. The third-order valence-electron chi connectivity index (χ3n) is 2.79. The van der Waals surface area contributed by atoms with Gasteiger partial charge in [0.2, 0.25) is 0 Å². The number of rotatable bonds is 2. The molecule has 19 heavy (non-hydrogen) atoms. The zero-order valence-electron chi connectivity index (χ0n) is 9.85. The summed E-state index contributed by atoms with van der Waals surface area (Å²) in [6.07, 6.45) is 0. The van der Waals surface area contributed by atoms with E-state index in [4.69, 9.17) is 23.2 Å². The largest absolute Gasteiger partial charge is 0.207 e. The first-order valence-electron chi connectivity index (χ1n) is 5.44. The second-order valence-electron chi connectivity index (χ2n) is 4.15. The van der Waals surface area contributed by atoms with Gasteiger partial charge >= 0.3 is 0 Å². The van der Waals surface area contributed by atoms with Crippen LogP contribution in [0.5, 0.6) is 0 Å². The lowest BCUT2D eigenvalue weighted by molar-refractivity contribution is 0.581. The van der Waals surface area contributed by atoms with Crippen LogP contribution >= 0.6 is 39.1 Å². The number of alkyl halides is 1. The summed E-state index contributed by atoms with van der Waals surface area (Å²) in [5, 5.41) is 0.888. The minimum atomic E-state index is -0.535. The Bertz CT molecular complexity index is 629. The summed E-state index contributed by atoms with van der Waals surface area (Å²) in [7, 11) is 0. The second-order valence-corrected chi connectivity index (χ2v) is 5.91. The smallest absolute Gasteiger partial charge is 0.128 e. The van der Waals surface area contributed by atoms with Gasteiger partial charge in [-0.3, -0.25) is 0 Å². The predicted octanol–water partition coefficient (Wildman–Crippen LogP) is 6.06. The van der Waals surface area contributed by atoms with Gasteiger partial charge in [-0.2, -0.15) is 0 Å². The highest BCUT2D eigenvalue weighted by atomic mass is 79.9. The fourth-order valence-electron chi connectivity index (χ4n) is 1.73. The highest BCUT2D eigenvalue weighted by Gasteiger charge is 2.19. The van der Waals surface area contributed by atoms with Gasteiger partial charge in [-0.1, -0.05) is 45.2 Å². The van der Waals surface area contributed by atoms with Crippen molar-refractivity contribution in [2.45, 2.75) is 11.8 Å². The molecule has 0 heterocycles. The Morgan fingerprint density at radius 2 is 1.68 bits per heavy atom. The molecule has 1 unspecified atom stereocenters. The van der Waals surface area contributed by atoms with Crippen molar-refractivity contribution in [3.63, 3.8) is 0 Å². The average Bonchev–Trinajstić information content (AvgIpc) is 2.33. The molecule has 0 saturated heterocycles. The van der Waals surface area contributed by atoms with E-state index in [1.165, 1.54) is 19.1 Å². The molecule has 0 spiro atoms. The van der Waals surface area contributed by atoms with Gasteiger partial charge in [0.1, 0.15) is 11.6 Å². The minimum absolute atomic E-state index is 0.201. The molecule has 0 radical (unpaired) electrons. The maximum atomic E-state index is 13.9. The first kappa shape index (κ1) is 14.8. The van der Waals surface area contributed by atoms with Crippen LogP contribution in [0.3, 0.4) is 0 Å². The topological polar surface area (TPSA) is 0 Å². The van der Waals surface area contributed by atoms with E-state index < -0.39 is 16.5 Å². The Hall–Kier alpha value is -0.640. The van der Waals surface area contributed by atoms with E-state index in [-0.39, 0.29) is 11.1 Å². The van der Waals surface area contributed by atoms with E-state index in [9.17, 15) is 8.78 Å². The third-order valence-corrected chi connectivity index (χ3v) is 4.34. The van der Waals surface area contributed by atoms with Gasteiger partial charge in [-0.05, 0) is 42.3 Å². The molecule has 0 aliphatic heterocycles. The van der Waals surface area contributed by atoms with Crippen LogP contribution in [0.15, 0.2) is 30.3 Å². The molecule has 0 saturated carbocycles. The molecular formula is C14H9BrCl2F2. The molecular weight excluding hydrogens is 357 g/mol. The molecule has 2 aromatic carbocycles. The molecule has 0 nitrogen and oxygen atoms in total. The summed E-state index contributed by atoms with van der Waals surface area (Å²) in [6, 6.07) is 7.24. The van der Waals surface area contributed by atoms with E-state index in [0.29, 0.717) is 15.6 Å². The number of aryl methyl sites for hydroxylation is 1. The number of hydrogen-bond donors (Lipinski definition) is 0. The van der Waals surface area contributed by atoms with Gasteiger partial charge in [0.05, 0.1) is 4.83 Å². The molecule has 1 atom stereocenters. The molecule has 2 rings (SSSR count). The van der Waals surface area contributed by atoms with Crippen molar-refractivity contribution in [3.05, 3.63) is 68.7 Å². The Labute approximate surface area is 128 Å². The van der Waals surface area contributed by atoms with Gasteiger partial charge in [-0.15, -0.1) is 0 Å². The fraction of sp³-hybridized carbons (Fsp3) is 0.143. The molecule has 0 N–H and O–H groups in total. The summed E-state index contributed by atoms with van der Waals surface area (Å²) in [4.78, 5) is -0.535. The molecule has 5 heteroatoms. The van der Waals surface area contributed by atoms with Crippen molar-refractivity contribution >= 4 is 39.1 Å². The summed E-state index contributed by atoms with van der Waals surface area (Å²) >= 11 is 15.2. The summed E-state index contributed by atoms with van der Waals surface area (Å²) < 4.78 is 27.5. The molecule has 2 aromatic rings. The van der Waals surface area contributed by atoms with Gasteiger partial charge in [0.15, 0.2) is 0 Å². The quantitative estimate of drug-likeness (QED) is 0.567. The Kier molecular flexibility index (Phi) is 4.49. The SMILES string of the molecule is Cc1cc(F)c(C(Br)c2ccc(Cl)cc2Cl)cc1F. The normalized spacial score (nSPS) is 12.5. The van der Waals surface area contributed by atoms with Crippen LogP contribution in [0.25, 0.3) is 0 Å². The van der Waals surface area contributed by atoms with Crippen LogP contribution in [0.2, 0.25) is 10.0 Å². The standard InChI is InChI=1S/C14H9BrCl2F2/c1-7-4-13(19)10(6-12(7)18)14(15)9-3-2-8(16)5-11(9)17/h2-6,14H,1H3. The highest BCUT2D eigenvalue weighted by molar-refractivity contribution is 9.09. The van der Waals surface area contributed by atoms with E-state index in [1.54, 1.807) is 18.2 Å². The van der Waals surface area contributed by atoms with Crippen LogP contribution in [0, 0.1) is 18.6 Å². The molecule has 0 amide bonds. The first-order valence-corrected chi connectivity index (χ1v) is 7.12.